The van der Waals surface area contributed by atoms with Crippen LogP contribution in [0.4, 0.5) is 0 Å². The van der Waals surface area contributed by atoms with Crippen molar-refractivity contribution in [2.75, 3.05) is 0 Å². The molecular weight excluding hydrogens is 150 g/mol. The third kappa shape index (κ3) is 0.563. The monoisotopic (exact) mass is 163 g/mol. The molecule has 3 aliphatic carbocycles. The molecule has 0 radical (unpaired) electrons. The zero-order valence-electron chi connectivity index (χ0n) is 7.50. The molecule has 4 rings (SSSR count). The van der Waals surface area contributed by atoms with E-state index >= 15 is 0 Å². The third-order valence-electron chi connectivity index (χ3n) is 3.96. The summed E-state index contributed by atoms with van der Waals surface area (Å²) < 4.78 is 5.01. The van der Waals surface area contributed by atoms with Crippen LogP contribution in [0.5, 0.6) is 0 Å². The Hall–Kier alpha value is -0.790. The molecule has 2 atom stereocenters. The van der Waals surface area contributed by atoms with Crippen LogP contribution in [0.1, 0.15) is 37.4 Å². The first-order chi connectivity index (χ1) is 5.69. The molecule has 12 heavy (non-hydrogen) atoms. The summed E-state index contributed by atoms with van der Waals surface area (Å²) in [6, 6.07) is 0. The molecule has 0 aliphatic heterocycles. The maximum absolute atomic E-state index is 5.01. The van der Waals surface area contributed by atoms with E-state index in [0.29, 0.717) is 5.41 Å². The molecule has 2 bridgehead atoms. The summed E-state index contributed by atoms with van der Waals surface area (Å²) >= 11 is 0. The van der Waals surface area contributed by atoms with Crippen LogP contribution in [-0.2, 0) is 6.42 Å². The van der Waals surface area contributed by atoms with Crippen LogP contribution in [0, 0.1) is 11.3 Å². The predicted molar refractivity (Wildman–Crippen MR) is 44.8 cm³/mol. The van der Waals surface area contributed by atoms with Crippen molar-refractivity contribution in [3.8, 4) is 0 Å². The lowest BCUT2D eigenvalue weighted by Gasteiger charge is -2.55. The summed E-state index contributed by atoms with van der Waals surface area (Å²) in [7, 11) is 0. The minimum Gasteiger partial charge on any atom is -0.364 e. The maximum atomic E-state index is 5.01. The van der Waals surface area contributed by atoms with Crippen LogP contribution in [-0.4, -0.2) is 5.16 Å². The Balaban J connectivity index is 2.13. The van der Waals surface area contributed by atoms with Gasteiger partial charge < -0.3 is 4.52 Å². The number of hydrogen-bond donors (Lipinski definition) is 0. The minimum absolute atomic E-state index is 0.499. The third-order valence-corrected chi connectivity index (χ3v) is 3.96. The molecule has 2 heteroatoms. The van der Waals surface area contributed by atoms with Gasteiger partial charge in [-0.15, -0.1) is 0 Å². The number of hydrogen-bond acceptors (Lipinski definition) is 2. The van der Waals surface area contributed by atoms with Crippen molar-refractivity contribution in [1.82, 2.24) is 5.16 Å². The quantitative estimate of drug-likeness (QED) is 0.586. The fraction of sp³-hybridized carbons (Fsp3) is 0.700. The van der Waals surface area contributed by atoms with Crippen molar-refractivity contribution in [2.45, 2.75) is 32.6 Å². The van der Waals surface area contributed by atoms with E-state index in [0.717, 1.165) is 18.3 Å². The first-order valence-electron chi connectivity index (χ1n) is 4.62. The summed E-state index contributed by atoms with van der Waals surface area (Å²) in [6.07, 6.45) is 4.33. The van der Waals surface area contributed by atoms with E-state index < -0.39 is 0 Å². The van der Waals surface area contributed by atoms with E-state index in [2.05, 4.69) is 19.0 Å². The molecule has 0 saturated heterocycles. The van der Waals surface area contributed by atoms with Crippen molar-refractivity contribution in [3.63, 3.8) is 0 Å². The Morgan fingerprint density at radius 3 is 3.17 bits per heavy atom. The van der Waals surface area contributed by atoms with E-state index in [4.69, 9.17) is 4.52 Å². The van der Waals surface area contributed by atoms with Crippen molar-refractivity contribution in [1.29, 1.82) is 0 Å². The van der Waals surface area contributed by atoms with Crippen LogP contribution < -0.4 is 0 Å². The highest BCUT2D eigenvalue weighted by Crippen LogP contribution is 2.61. The van der Waals surface area contributed by atoms with Crippen LogP contribution in [0.3, 0.4) is 0 Å². The fourth-order valence-electron chi connectivity index (χ4n) is 2.83. The van der Waals surface area contributed by atoms with Crippen LogP contribution in [0.2, 0.25) is 0 Å². The summed E-state index contributed by atoms with van der Waals surface area (Å²) in [4.78, 5) is 0. The molecular formula is C10H13NO. The smallest absolute Gasteiger partial charge is 0.127 e. The van der Waals surface area contributed by atoms with Crippen LogP contribution in [0.15, 0.2) is 10.8 Å². The van der Waals surface area contributed by atoms with E-state index in [9.17, 15) is 0 Å². The molecule has 2 nitrogen and oxygen atoms in total. The first-order valence-corrected chi connectivity index (χ1v) is 4.62. The normalized spacial score (nSPS) is 35.5. The summed E-state index contributed by atoms with van der Waals surface area (Å²) in [5.41, 5.74) is 3.09. The first kappa shape index (κ1) is 6.70. The predicted octanol–water partition coefficient (Wildman–Crippen LogP) is 2.36. The van der Waals surface area contributed by atoms with E-state index in [1.54, 1.807) is 0 Å². The molecule has 1 saturated carbocycles. The second kappa shape index (κ2) is 1.76. The van der Waals surface area contributed by atoms with Gasteiger partial charge in [0.15, 0.2) is 0 Å². The van der Waals surface area contributed by atoms with Gasteiger partial charge in [0.05, 0.1) is 5.69 Å². The molecule has 0 aromatic carbocycles. The van der Waals surface area contributed by atoms with Gasteiger partial charge in [0.2, 0.25) is 0 Å². The highest BCUT2D eigenvalue weighted by molar-refractivity contribution is 5.32. The maximum Gasteiger partial charge on any atom is 0.127 e. The van der Waals surface area contributed by atoms with Gasteiger partial charge in [0.1, 0.15) is 6.26 Å². The van der Waals surface area contributed by atoms with Crippen molar-refractivity contribution in [3.05, 3.63) is 17.5 Å². The Bertz CT molecular complexity index is 326. The van der Waals surface area contributed by atoms with Gasteiger partial charge in [-0.1, -0.05) is 19.0 Å². The van der Waals surface area contributed by atoms with E-state index in [1.807, 2.05) is 6.26 Å². The largest absolute Gasteiger partial charge is 0.364 e. The Morgan fingerprint density at radius 1 is 1.58 bits per heavy atom. The summed E-state index contributed by atoms with van der Waals surface area (Å²) in [5.74, 6) is 1.57. The van der Waals surface area contributed by atoms with E-state index in [-0.39, 0.29) is 0 Å². The average molecular weight is 163 g/mol. The minimum atomic E-state index is 0.499. The molecule has 3 aliphatic rings. The van der Waals surface area contributed by atoms with Crippen molar-refractivity contribution in [2.24, 2.45) is 11.3 Å². The lowest BCUT2D eigenvalue weighted by atomic mass is 9.48. The number of nitrogens with zero attached hydrogens (tertiary/aromatic N) is 1. The van der Waals surface area contributed by atoms with Gasteiger partial charge >= 0.3 is 0 Å². The number of rotatable bonds is 0. The van der Waals surface area contributed by atoms with Crippen LogP contribution >= 0.6 is 0 Å². The second-order valence-electron chi connectivity index (χ2n) is 4.73. The lowest BCUT2D eigenvalue weighted by molar-refractivity contribution is 0.0178. The molecule has 1 heterocycles. The van der Waals surface area contributed by atoms with Gasteiger partial charge in [0, 0.05) is 5.56 Å². The molecule has 1 fully saturated rings. The molecule has 0 unspecified atom stereocenters. The zero-order valence-corrected chi connectivity index (χ0v) is 7.50. The van der Waals surface area contributed by atoms with Gasteiger partial charge in [-0.3, -0.25) is 0 Å². The molecule has 1 aromatic rings. The van der Waals surface area contributed by atoms with Gasteiger partial charge in [-0.2, -0.15) is 0 Å². The highest BCUT2D eigenvalue weighted by Gasteiger charge is 2.53. The summed E-state index contributed by atoms with van der Waals surface area (Å²) in [5, 5.41) is 4.03. The van der Waals surface area contributed by atoms with E-state index in [1.165, 1.54) is 17.7 Å². The fourth-order valence-corrected chi connectivity index (χ4v) is 2.83. The second-order valence-corrected chi connectivity index (χ2v) is 4.73. The average Bonchev–Trinajstić information content (AvgIpc) is 2.49. The van der Waals surface area contributed by atoms with Gasteiger partial charge in [0.25, 0.3) is 0 Å². The molecule has 1 aromatic heterocycles. The Kier molecular flexibility index (Phi) is 0.980. The van der Waals surface area contributed by atoms with Gasteiger partial charge in [-0.25, -0.2) is 0 Å². The molecule has 64 valence electrons. The molecule has 0 amide bonds. The van der Waals surface area contributed by atoms with Crippen molar-refractivity contribution < 1.29 is 4.52 Å². The lowest BCUT2D eigenvalue weighted by Crippen LogP contribution is -2.47. The standard InChI is InChI=1S/C10H13NO/c1-10(2)6-3-8(10)7-5-12-11-9(7)4-6/h5-6,8H,3-4H2,1-2H3/t6-,8-/m0/s1. The SMILES string of the molecule is CC1(C)[C@@H]2Cc3nocc3[C@@H]1C2. The van der Waals surface area contributed by atoms with Gasteiger partial charge in [-0.05, 0) is 30.1 Å². The molecule has 0 N–H and O–H groups in total. The summed E-state index contributed by atoms with van der Waals surface area (Å²) in [6.45, 7) is 4.73. The van der Waals surface area contributed by atoms with Crippen LogP contribution in [0.25, 0.3) is 0 Å². The Labute approximate surface area is 71.9 Å². The van der Waals surface area contributed by atoms with Crippen molar-refractivity contribution >= 4 is 0 Å². The molecule has 0 spiro atoms. The topological polar surface area (TPSA) is 26.0 Å². The Morgan fingerprint density at radius 2 is 2.42 bits per heavy atom. The zero-order chi connectivity index (χ0) is 8.34. The highest BCUT2D eigenvalue weighted by atomic mass is 16.5. The number of aromatic nitrogens is 1.